The molecular formula is C20H24N2O2. The molecule has 0 aliphatic heterocycles. The molecule has 2 rings (SSSR count). The average molecular weight is 324 g/mol. The van der Waals surface area contributed by atoms with Crippen LogP contribution in [0.1, 0.15) is 45.7 Å². The summed E-state index contributed by atoms with van der Waals surface area (Å²) in [6, 6.07) is 12.8. The Kier molecular flexibility index (Phi) is 5.74. The van der Waals surface area contributed by atoms with E-state index in [9.17, 15) is 9.59 Å². The van der Waals surface area contributed by atoms with Gasteiger partial charge in [-0.25, -0.2) is 0 Å². The van der Waals surface area contributed by atoms with Gasteiger partial charge < -0.3 is 10.2 Å². The summed E-state index contributed by atoms with van der Waals surface area (Å²) < 4.78 is 0. The summed E-state index contributed by atoms with van der Waals surface area (Å²) in [5.74, 6) is -0.274. The number of rotatable bonds is 5. The van der Waals surface area contributed by atoms with Gasteiger partial charge >= 0.3 is 0 Å². The summed E-state index contributed by atoms with van der Waals surface area (Å²) in [6.07, 6.45) is 0. The maximum absolute atomic E-state index is 12.6. The fourth-order valence-corrected chi connectivity index (χ4v) is 2.72. The normalized spacial score (nSPS) is 10.3. The van der Waals surface area contributed by atoms with Crippen molar-refractivity contribution in [2.45, 2.75) is 27.7 Å². The van der Waals surface area contributed by atoms with Gasteiger partial charge in [-0.3, -0.25) is 9.59 Å². The van der Waals surface area contributed by atoms with E-state index in [1.54, 1.807) is 17.0 Å². The zero-order chi connectivity index (χ0) is 17.7. The number of benzene rings is 2. The van der Waals surface area contributed by atoms with Crippen LogP contribution < -0.4 is 5.32 Å². The summed E-state index contributed by atoms with van der Waals surface area (Å²) in [5.41, 5.74) is 3.70. The minimum Gasteiger partial charge on any atom is -0.339 e. The lowest BCUT2D eigenvalue weighted by molar-refractivity contribution is 0.0774. The van der Waals surface area contributed by atoms with Gasteiger partial charge in [0, 0.05) is 18.7 Å². The Balaban J connectivity index is 2.30. The van der Waals surface area contributed by atoms with E-state index in [-0.39, 0.29) is 11.8 Å². The summed E-state index contributed by atoms with van der Waals surface area (Å²) in [7, 11) is 0. The first-order valence-electron chi connectivity index (χ1n) is 8.24. The number of carbonyl (C=O) groups excluding carboxylic acids is 2. The van der Waals surface area contributed by atoms with E-state index in [0.717, 1.165) is 11.1 Å². The Morgan fingerprint density at radius 2 is 1.62 bits per heavy atom. The van der Waals surface area contributed by atoms with E-state index in [2.05, 4.69) is 5.32 Å². The van der Waals surface area contributed by atoms with Crippen LogP contribution in [0.25, 0.3) is 0 Å². The molecule has 0 aliphatic carbocycles. The minimum atomic E-state index is -0.202. The molecule has 24 heavy (non-hydrogen) atoms. The Hall–Kier alpha value is -2.62. The molecule has 0 fully saturated rings. The SMILES string of the molecule is CCN(CC)C(=O)c1ccccc1NC(=O)c1ccc(C)cc1C. The van der Waals surface area contributed by atoms with E-state index < -0.39 is 0 Å². The fraction of sp³-hybridized carbons (Fsp3) is 0.300. The molecule has 0 unspecified atom stereocenters. The third-order valence-electron chi connectivity index (χ3n) is 4.08. The molecule has 4 nitrogen and oxygen atoms in total. The Bertz CT molecular complexity index is 749. The molecule has 2 aromatic rings. The van der Waals surface area contributed by atoms with Crippen LogP contribution in [0.3, 0.4) is 0 Å². The zero-order valence-corrected chi connectivity index (χ0v) is 14.7. The zero-order valence-electron chi connectivity index (χ0n) is 14.7. The second-order valence-electron chi connectivity index (χ2n) is 5.80. The predicted molar refractivity (Wildman–Crippen MR) is 97.6 cm³/mol. The van der Waals surface area contributed by atoms with Crippen molar-refractivity contribution < 1.29 is 9.59 Å². The van der Waals surface area contributed by atoms with Crippen LogP contribution in [-0.4, -0.2) is 29.8 Å². The fourth-order valence-electron chi connectivity index (χ4n) is 2.72. The number of carbonyl (C=O) groups is 2. The lowest BCUT2D eigenvalue weighted by atomic mass is 10.0. The molecule has 2 amide bonds. The van der Waals surface area contributed by atoms with Crippen LogP contribution in [0.15, 0.2) is 42.5 Å². The first-order valence-corrected chi connectivity index (χ1v) is 8.24. The van der Waals surface area contributed by atoms with Gasteiger partial charge in [0.05, 0.1) is 11.3 Å². The lowest BCUT2D eigenvalue weighted by Crippen LogP contribution is -2.31. The number of amides is 2. The van der Waals surface area contributed by atoms with Crippen molar-refractivity contribution in [2.75, 3.05) is 18.4 Å². The molecule has 0 aliphatic rings. The number of nitrogens with zero attached hydrogens (tertiary/aromatic N) is 1. The van der Waals surface area contributed by atoms with Crippen molar-refractivity contribution in [3.8, 4) is 0 Å². The molecule has 0 saturated heterocycles. The highest BCUT2D eigenvalue weighted by molar-refractivity contribution is 6.09. The van der Waals surface area contributed by atoms with E-state index in [0.29, 0.717) is 29.9 Å². The van der Waals surface area contributed by atoms with Crippen LogP contribution in [-0.2, 0) is 0 Å². The molecule has 0 atom stereocenters. The van der Waals surface area contributed by atoms with E-state index in [4.69, 9.17) is 0 Å². The quantitative estimate of drug-likeness (QED) is 0.902. The monoisotopic (exact) mass is 324 g/mol. The number of hydrogen-bond acceptors (Lipinski definition) is 2. The first kappa shape index (κ1) is 17.7. The van der Waals surface area contributed by atoms with Crippen LogP contribution in [0, 0.1) is 13.8 Å². The maximum Gasteiger partial charge on any atom is 0.255 e. The highest BCUT2D eigenvalue weighted by atomic mass is 16.2. The third-order valence-corrected chi connectivity index (χ3v) is 4.08. The van der Waals surface area contributed by atoms with E-state index in [1.807, 2.05) is 58.0 Å². The van der Waals surface area contributed by atoms with Crippen molar-refractivity contribution in [1.29, 1.82) is 0 Å². The smallest absolute Gasteiger partial charge is 0.255 e. The number of hydrogen-bond donors (Lipinski definition) is 1. The summed E-state index contributed by atoms with van der Waals surface area (Å²) in [4.78, 5) is 27.0. The summed E-state index contributed by atoms with van der Waals surface area (Å²) >= 11 is 0. The van der Waals surface area contributed by atoms with Gasteiger partial charge in [-0.05, 0) is 51.5 Å². The molecule has 0 spiro atoms. The molecule has 4 heteroatoms. The first-order chi connectivity index (χ1) is 11.5. The molecule has 1 N–H and O–H groups in total. The van der Waals surface area contributed by atoms with Crippen molar-refractivity contribution in [3.05, 3.63) is 64.7 Å². The van der Waals surface area contributed by atoms with Crippen LogP contribution >= 0.6 is 0 Å². The van der Waals surface area contributed by atoms with Crippen molar-refractivity contribution in [3.63, 3.8) is 0 Å². The lowest BCUT2D eigenvalue weighted by Gasteiger charge is -2.20. The van der Waals surface area contributed by atoms with E-state index in [1.165, 1.54) is 0 Å². The topological polar surface area (TPSA) is 49.4 Å². The minimum absolute atomic E-state index is 0.0727. The highest BCUT2D eigenvalue weighted by Gasteiger charge is 2.18. The van der Waals surface area contributed by atoms with Gasteiger partial charge in [-0.1, -0.05) is 29.8 Å². The van der Waals surface area contributed by atoms with Crippen molar-refractivity contribution in [2.24, 2.45) is 0 Å². The van der Waals surface area contributed by atoms with E-state index >= 15 is 0 Å². The van der Waals surface area contributed by atoms with Crippen molar-refractivity contribution >= 4 is 17.5 Å². The standard InChI is InChI=1S/C20H24N2O2/c1-5-22(6-2)20(24)17-9-7-8-10-18(17)21-19(23)16-12-11-14(3)13-15(16)4/h7-13H,5-6H2,1-4H3,(H,21,23). The number of aryl methyl sites for hydroxylation is 2. The van der Waals surface area contributed by atoms with Crippen LogP contribution in [0.2, 0.25) is 0 Å². The Morgan fingerprint density at radius 3 is 2.25 bits per heavy atom. The molecule has 0 saturated carbocycles. The molecule has 0 bridgehead atoms. The molecular weight excluding hydrogens is 300 g/mol. The van der Waals surface area contributed by atoms with Gasteiger partial charge in [-0.15, -0.1) is 0 Å². The Morgan fingerprint density at radius 1 is 0.958 bits per heavy atom. The highest BCUT2D eigenvalue weighted by Crippen LogP contribution is 2.19. The Labute approximate surface area is 143 Å². The third kappa shape index (κ3) is 3.82. The maximum atomic E-state index is 12.6. The number of nitrogens with one attached hydrogen (secondary N) is 1. The summed E-state index contributed by atoms with van der Waals surface area (Å²) in [6.45, 7) is 9.06. The summed E-state index contributed by atoms with van der Waals surface area (Å²) in [5, 5.41) is 2.88. The number of anilines is 1. The van der Waals surface area contributed by atoms with Crippen molar-refractivity contribution in [1.82, 2.24) is 4.90 Å². The van der Waals surface area contributed by atoms with Gasteiger partial charge in [0.25, 0.3) is 11.8 Å². The average Bonchev–Trinajstić information content (AvgIpc) is 2.56. The van der Waals surface area contributed by atoms with Gasteiger partial charge in [0.1, 0.15) is 0 Å². The van der Waals surface area contributed by atoms with Crippen LogP contribution in [0.4, 0.5) is 5.69 Å². The molecule has 2 aromatic carbocycles. The van der Waals surface area contributed by atoms with Gasteiger partial charge in [0.2, 0.25) is 0 Å². The molecule has 0 radical (unpaired) electrons. The molecule has 126 valence electrons. The second kappa shape index (κ2) is 7.77. The number of para-hydroxylation sites is 1. The molecule has 0 aromatic heterocycles. The van der Waals surface area contributed by atoms with Crippen LogP contribution in [0.5, 0.6) is 0 Å². The predicted octanol–water partition coefficient (Wildman–Crippen LogP) is 4.04. The largest absolute Gasteiger partial charge is 0.339 e. The second-order valence-corrected chi connectivity index (χ2v) is 5.80. The molecule has 0 heterocycles. The van der Waals surface area contributed by atoms with Gasteiger partial charge in [0.15, 0.2) is 0 Å². The van der Waals surface area contributed by atoms with Gasteiger partial charge in [-0.2, -0.15) is 0 Å².